The Balaban J connectivity index is 2.10. The summed E-state index contributed by atoms with van der Waals surface area (Å²) < 4.78 is 4.81. The van der Waals surface area contributed by atoms with Crippen molar-refractivity contribution in [2.24, 2.45) is 5.92 Å². The molecular weight excluding hydrogens is 176 g/mol. The van der Waals surface area contributed by atoms with Crippen LogP contribution in [-0.4, -0.2) is 12.6 Å². The van der Waals surface area contributed by atoms with Crippen molar-refractivity contribution in [2.75, 3.05) is 6.61 Å². The average Bonchev–Trinajstić information content (AvgIpc) is 2.63. The van der Waals surface area contributed by atoms with Gasteiger partial charge in [-0.2, -0.15) is 0 Å². The number of hydrogen-bond acceptors (Lipinski definition) is 2. The second-order valence-electron chi connectivity index (χ2n) is 3.14. The minimum Gasteiger partial charge on any atom is -0.465 e. The Morgan fingerprint density at radius 3 is 2.71 bits per heavy atom. The standard InChI is InChI=1S/C12H10O2/c13-12-11(8-9-14-12)7-6-10-4-2-1-3-5-10/h1-5,11H,8-9H2/t11-/m0/s1. The Hall–Kier alpha value is -1.75. The van der Waals surface area contributed by atoms with Crippen molar-refractivity contribution in [3.05, 3.63) is 35.9 Å². The van der Waals surface area contributed by atoms with Crippen LogP contribution in [0.5, 0.6) is 0 Å². The predicted molar refractivity (Wildman–Crippen MR) is 52.4 cm³/mol. The van der Waals surface area contributed by atoms with Gasteiger partial charge >= 0.3 is 5.97 Å². The monoisotopic (exact) mass is 186 g/mol. The van der Waals surface area contributed by atoms with E-state index >= 15 is 0 Å². The molecule has 0 N–H and O–H groups in total. The Bertz CT molecular complexity index is 384. The average molecular weight is 186 g/mol. The van der Waals surface area contributed by atoms with Crippen molar-refractivity contribution in [2.45, 2.75) is 6.42 Å². The summed E-state index contributed by atoms with van der Waals surface area (Å²) in [5.41, 5.74) is 0.937. The number of rotatable bonds is 0. The fourth-order valence-electron chi connectivity index (χ4n) is 1.32. The van der Waals surface area contributed by atoms with Gasteiger partial charge in [-0.3, -0.25) is 4.79 Å². The van der Waals surface area contributed by atoms with Crippen LogP contribution in [0, 0.1) is 17.8 Å². The van der Waals surface area contributed by atoms with E-state index in [2.05, 4.69) is 11.8 Å². The first-order valence-corrected chi connectivity index (χ1v) is 4.59. The zero-order valence-electron chi connectivity index (χ0n) is 7.69. The molecule has 1 aliphatic rings. The van der Waals surface area contributed by atoms with E-state index in [0.29, 0.717) is 6.61 Å². The molecule has 0 spiro atoms. The summed E-state index contributed by atoms with van der Waals surface area (Å²) in [4.78, 5) is 11.1. The van der Waals surface area contributed by atoms with Crippen LogP contribution in [0.15, 0.2) is 30.3 Å². The summed E-state index contributed by atoms with van der Waals surface area (Å²) in [6, 6.07) is 9.64. The van der Waals surface area contributed by atoms with Crippen molar-refractivity contribution in [1.29, 1.82) is 0 Å². The van der Waals surface area contributed by atoms with Gasteiger partial charge in [-0.25, -0.2) is 0 Å². The summed E-state index contributed by atoms with van der Waals surface area (Å²) in [6.45, 7) is 0.507. The van der Waals surface area contributed by atoms with E-state index in [-0.39, 0.29) is 11.9 Å². The maximum atomic E-state index is 11.1. The van der Waals surface area contributed by atoms with Crippen LogP contribution < -0.4 is 0 Å². The van der Waals surface area contributed by atoms with E-state index in [1.54, 1.807) is 0 Å². The summed E-state index contributed by atoms with van der Waals surface area (Å²) >= 11 is 0. The fraction of sp³-hybridized carbons (Fsp3) is 0.250. The number of cyclic esters (lactones) is 1. The van der Waals surface area contributed by atoms with E-state index in [9.17, 15) is 4.79 Å². The number of benzene rings is 1. The van der Waals surface area contributed by atoms with Crippen molar-refractivity contribution in [3.63, 3.8) is 0 Å². The van der Waals surface area contributed by atoms with Gasteiger partial charge in [0.15, 0.2) is 0 Å². The summed E-state index contributed by atoms with van der Waals surface area (Å²) in [7, 11) is 0. The summed E-state index contributed by atoms with van der Waals surface area (Å²) in [5, 5.41) is 0. The molecule has 1 aromatic rings. The summed E-state index contributed by atoms with van der Waals surface area (Å²) in [6.07, 6.45) is 0.721. The normalized spacial score (nSPS) is 19.7. The van der Waals surface area contributed by atoms with Crippen LogP contribution in [0.1, 0.15) is 12.0 Å². The number of esters is 1. The highest BCUT2D eigenvalue weighted by molar-refractivity contribution is 5.77. The number of ether oxygens (including phenoxy) is 1. The highest BCUT2D eigenvalue weighted by atomic mass is 16.5. The van der Waals surface area contributed by atoms with E-state index in [4.69, 9.17) is 4.74 Å². The molecule has 0 unspecified atom stereocenters. The molecule has 2 rings (SSSR count). The first-order chi connectivity index (χ1) is 6.86. The zero-order chi connectivity index (χ0) is 9.80. The van der Waals surface area contributed by atoms with Gasteiger partial charge in [-0.05, 0) is 12.1 Å². The molecule has 1 aliphatic heterocycles. The molecule has 0 radical (unpaired) electrons. The number of hydrogen-bond donors (Lipinski definition) is 0. The molecule has 0 amide bonds. The number of carbonyl (C=O) groups is 1. The van der Waals surface area contributed by atoms with E-state index in [1.165, 1.54) is 0 Å². The summed E-state index contributed by atoms with van der Waals surface area (Å²) in [5.74, 6) is 5.48. The lowest BCUT2D eigenvalue weighted by atomic mass is 10.1. The minimum absolute atomic E-state index is 0.187. The molecule has 1 fully saturated rings. The highest BCUT2D eigenvalue weighted by Crippen LogP contribution is 2.12. The molecule has 2 heteroatoms. The third-order valence-corrected chi connectivity index (χ3v) is 2.10. The molecule has 70 valence electrons. The van der Waals surface area contributed by atoms with Gasteiger partial charge in [-0.15, -0.1) is 0 Å². The topological polar surface area (TPSA) is 26.3 Å². The molecule has 0 aromatic heterocycles. The van der Waals surface area contributed by atoms with Gasteiger partial charge in [0, 0.05) is 12.0 Å². The van der Waals surface area contributed by atoms with Gasteiger partial charge in [0.2, 0.25) is 0 Å². The largest absolute Gasteiger partial charge is 0.465 e. The fourth-order valence-corrected chi connectivity index (χ4v) is 1.32. The van der Waals surface area contributed by atoms with Gasteiger partial charge in [-0.1, -0.05) is 30.0 Å². The van der Waals surface area contributed by atoms with E-state index < -0.39 is 0 Å². The van der Waals surface area contributed by atoms with Gasteiger partial charge in [0.25, 0.3) is 0 Å². The highest BCUT2D eigenvalue weighted by Gasteiger charge is 2.23. The van der Waals surface area contributed by atoms with Crippen molar-refractivity contribution in [3.8, 4) is 11.8 Å². The Morgan fingerprint density at radius 2 is 2.07 bits per heavy atom. The quantitative estimate of drug-likeness (QED) is 0.454. The van der Waals surface area contributed by atoms with Crippen LogP contribution in [0.3, 0.4) is 0 Å². The van der Waals surface area contributed by atoms with E-state index in [1.807, 2.05) is 30.3 Å². The zero-order valence-corrected chi connectivity index (χ0v) is 7.69. The van der Waals surface area contributed by atoms with Crippen molar-refractivity contribution in [1.82, 2.24) is 0 Å². The minimum atomic E-state index is -0.227. The lowest BCUT2D eigenvalue weighted by Gasteiger charge is -1.92. The molecule has 0 saturated carbocycles. The van der Waals surface area contributed by atoms with Gasteiger partial charge in [0.1, 0.15) is 5.92 Å². The molecular formula is C12H10O2. The third-order valence-electron chi connectivity index (χ3n) is 2.10. The van der Waals surface area contributed by atoms with Crippen LogP contribution in [-0.2, 0) is 9.53 Å². The molecule has 0 aliphatic carbocycles. The molecule has 14 heavy (non-hydrogen) atoms. The second kappa shape index (κ2) is 3.97. The van der Waals surface area contributed by atoms with Crippen LogP contribution >= 0.6 is 0 Å². The molecule has 1 aromatic carbocycles. The Morgan fingerprint density at radius 1 is 1.29 bits per heavy atom. The second-order valence-corrected chi connectivity index (χ2v) is 3.14. The first-order valence-electron chi connectivity index (χ1n) is 4.59. The lowest BCUT2D eigenvalue weighted by molar-refractivity contribution is -0.139. The third kappa shape index (κ3) is 1.94. The molecule has 1 atom stereocenters. The van der Waals surface area contributed by atoms with Crippen LogP contribution in [0.2, 0.25) is 0 Å². The molecule has 0 bridgehead atoms. The van der Waals surface area contributed by atoms with E-state index in [0.717, 1.165) is 12.0 Å². The smallest absolute Gasteiger partial charge is 0.321 e. The van der Waals surface area contributed by atoms with Gasteiger partial charge < -0.3 is 4.74 Å². The van der Waals surface area contributed by atoms with Crippen LogP contribution in [0.25, 0.3) is 0 Å². The Labute approximate surface area is 82.9 Å². The molecule has 2 nitrogen and oxygen atoms in total. The Kier molecular flexibility index (Phi) is 2.51. The number of carbonyl (C=O) groups excluding carboxylic acids is 1. The van der Waals surface area contributed by atoms with Crippen LogP contribution in [0.4, 0.5) is 0 Å². The predicted octanol–water partition coefficient (Wildman–Crippen LogP) is 1.60. The molecule has 1 saturated heterocycles. The SMILES string of the molecule is O=C1OCC[C@@H]1C#Cc1ccccc1. The first kappa shape index (κ1) is 8.83. The van der Waals surface area contributed by atoms with Crippen molar-refractivity contribution >= 4 is 5.97 Å². The maximum Gasteiger partial charge on any atom is 0.321 e. The van der Waals surface area contributed by atoms with Gasteiger partial charge in [0.05, 0.1) is 6.61 Å². The van der Waals surface area contributed by atoms with Crippen molar-refractivity contribution < 1.29 is 9.53 Å². The lowest BCUT2D eigenvalue weighted by Crippen LogP contribution is -2.04. The maximum absolute atomic E-state index is 11.1. The molecule has 1 heterocycles.